The van der Waals surface area contributed by atoms with Crippen molar-refractivity contribution in [2.75, 3.05) is 18.5 Å². The van der Waals surface area contributed by atoms with Gasteiger partial charge in [-0.15, -0.1) is 0 Å². The molecule has 1 rings (SSSR count). The van der Waals surface area contributed by atoms with Gasteiger partial charge in [0.1, 0.15) is 6.16 Å². The van der Waals surface area contributed by atoms with Gasteiger partial charge in [0.05, 0.1) is 24.2 Å². The van der Waals surface area contributed by atoms with E-state index in [0.29, 0.717) is 0 Å². The van der Waals surface area contributed by atoms with Gasteiger partial charge in [-0.05, 0) is 31.4 Å². The van der Waals surface area contributed by atoms with Crippen molar-refractivity contribution in [2.45, 2.75) is 84.7 Å². The zero-order valence-electron chi connectivity index (χ0n) is 15.9. The highest BCUT2D eigenvalue weighted by molar-refractivity contribution is 7.75. The van der Waals surface area contributed by atoms with Crippen molar-refractivity contribution in [1.82, 2.24) is 4.98 Å². The van der Waals surface area contributed by atoms with Gasteiger partial charge in [-0.1, -0.05) is 65.4 Å². The molecule has 1 aromatic heterocycles. The van der Waals surface area contributed by atoms with Crippen LogP contribution in [0.5, 0.6) is 0 Å². The van der Waals surface area contributed by atoms with Crippen LogP contribution in [0, 0.1) is 0 Å². The number of hydrogen-bond donors (Lipinski definition) is 0. The summed E-state index contributed by atoms with van der Waals surface area (Å²) in [6, 6.07) is 6.48. The minimum absolute atomic E-state index is 0.870. The van der Waals surface area contributed by atoms with Crippen LogP contribution in [0.25, 0.3) is 0 Å². The van der Waals surface area contributed by atoms with E-state index >= 15 is 0 Å². The summed E-state index contributed by atoms with van der Waals surface area (Å²) in [6.45, 7) is 6.98. The molecule has 0 unspecified atom stereocenters. The summed E-state index contributed by atoms with van der Waals surface area (Å²) in [5.74, 6) is 0. The van der Waals surface area contributed by atoms with Crippen LogP contribution in [0.15, 0.2) is 24.4 Å². The minimum Gasteiger partial charge on any atom is -0.257 e. The predicted molar refractivity (Wildman–Crippen MR) is 108 cm³/mol. The Morgan fingerprint density at radius 1 is 0.739 bits per heavy atom. The lowest BCUT2D eigenvalue weighted by molar-refractivity contribution is 0.740. The Bertz CT molecular complexity index is 350. The molecule has 0 bridgehead atoms. The number of aromatic nitrogens is 1. The van der Waals surface area contributed by atoms with Gasteiger partial charge >= 0.3 is 0 Å². The van der Waals surface area contributed by atoms with E-state index in [1.54, 1.807) is 0 Å². The standard InChI is InChI=1S/C21H39NP/c1-4-7-12-17-23(18-13-8-5-2,19-14-9-6-3)20-21-15-10-11-16-22-21/h10-11,15-16H,4-9,12-14,17-20H2,1-3H3/q+1. The fraction of sp³-hybridized carbons (Fsp3) is 0.762. The predicted octanol–water partition coefficient (Wildman–Crippen LogP) is 7.17. The molecular weight excluding hydrogens is 297 g/mol. The van der Waals surface area contributed by atoms with Gasteiger partial charge in [-0.25, -0.2) is 0 Å². The van der Waals surface area contributed by atoms with Crippen molar-refractivity contribution in [3.05, 3.63) is 30.1 Å². The van der Waals surface area contributed by atoms with Crippen molar-refractivity contribution in [1.29, 1.82) is 0 Å². The Hall–Kier alpha value is -0.420. The van der Waals surface area contributed by atoms with Gasteiger partial charge in [0.2, 0.25) is 0 Å². The molecule has 2 heteroatoms. The monoisotopic (exact) mass is 336 g/mol. The molecule has 23 heavy (non-hydrogen) atoms. The summed E-state index contributed by atoms with van der Waals surface area (Å²) in [4.78, 5) is 4.68. The number of pyridine rings is 1. The quantitative estimate of drug-likeness (QED) is 0.259. The van der Waals surface area contributed by atoms with Crippen molar-refractivity contribution >= 4 is 7.26 Å². The van der Waals surface area contributed by atoms with Gasteiger partial charge in [0.25, 0.3) is 0 Å². The molecule has 0 aromatic carbocycles. The molecule has 0 spiro atoms. The third-order valence-electron chi connectivity index (χ3n) is 4.93. The van der Waals surface area contributed by atoms with Gasteiger partial charge in [-0.3, -0.25) is 4.98 Å². The van der Waals surface area contributed by atoms with Crippen LogP contribution in [-0.2, 0) is 6.16 Å². The number of rotatable bonds is 14. The lowest BCUT2D eigenvalue weighted by Crippen LogP contribution is -2.12. The smallest absolute Gasteiger partial charge is 0.101 e. The summed E-state index contributed by atoms with van der Waals surface area (Å²) in [5, 5.41) is 0. The molecule has 1 heterocycles. The number of nitrogens with zero attached hydrogens (tertiary/aromatic N) is 1. The highest BCUT2D eigenvalue weighted by atomic mass is 31.2. The van der Waals surface area contributed by atoms with Gasteiger partial charge < -0.3 is 0 Å². The first-order valence-corrected chi connectivity index (χ1v) is 12.5. The Balaban J connectivity index is 2.79. The molecule has 0 saturated heterocycles. The van der Waals surface area contributed by atoms with Crippen LogP contribution in [0.4, 0.5) is 0 Å². The van der Waals surface area contributed by atoms with Crippen LogP contribution in [-0.4, -0.2) is 23.5 Å². The average molecular weight is 337 g/mol. The first-order valence-electron chi connectivity index (χ1n) is 10.0. The van der Waals surface area contributed by atoms with Crippen LogP contribution in [0.1, 0.15) is 84.3 Å². The van der Waals surface area contributed by atoms with E-state index in [9.17, 15) is 0 Å². The Morgan fingerprint density at radius 2 is 1.26 bits per heavy atom. The summed E-state index contributed by atoms with van der Waals surface area (Å²) in [7, 11) is -0.870. The third-order valence-corrected chi connectivity index (χ3v) is 9.72. The van der Waals surface area contributed by atoms with Crippen molar-refractivity contribution in [2.24, 2.45) is 0 Å². The number of hydrogen-bond acceptors (Lipinski definition) is 1. The fourth-order valence-corrected chi connectivity index (χ4v) is 8.20. The zero-order valence-corrected chi connectivity index (χ0v) is 16.8. The summed E-state index contributed by atoms with van der Waals surface area (Å²) < 4.78 is 0. The van der Waals surface area contributed by atoms with Crippen molar-refractivity contribution in [3.63, 3.8) is 0 Å². The third kappa shape index (κ3) is 8.85. The maximum absolute atomic E-state index is 4.68. The van der Waals surface area contributed by atoms with Gasteiger partial charge in [0, 0.05) is 13.5 Å². The largest absolute Gasteiger partial charge is 0.257 e. The first-order chi connectivity index (χ1) is 11.3. The SMILES string of the molecule is CCCCC[P+](CCCCC)(CCCCC)Cc1ccccn1. The molecule has 0 saturated carbocycles. The second-order valence-electron chi connectivity index (χ2n) is 7.11. The minimum atomic E-state index is -0.870. The van der Waals surface area contributed by atoms with E-state index in [1.165, 1.54) is 88.1 Å². The lowest BCUT2D eigenvalue weighted by Gasteiger charge is -2.28. The molecule has 0 aliphatic carbocycles. The van der Waals surface area contributed by atoms with E-state index in [0.717, 1.165) is 0 Å². The van der Waals surface area contributed by atoms with E-state index < -0.39 is 7.26 Å². The molecule has 0 fully saturated rings. The normalized spacial score (nSPS) is 11.8. The molecule has 132 valence electrons. The van der Waals surface area contributed by atoms with Crippen molar-refractivity contribution in [3.8, 4) is 0 Å². The molecular formula is C21H39NP+. The molecule has 0 aliphatic heterocycles. The molecule has 1 nitrogen and oxygen atoms in total. The van der Waals surface area contributed by atoms with Gasteiger partial charge in [0.15, 0.2) is 0 Å². The van der Waals surface area contributed by atoms with E-state index in [4.69, 9.17) is 0 Å². The maximum Gasteiger partial charge on any atom is 0.101 e. The van der Waals surface area contributed by atoms with Crippen molar-refractivity contribution < 1.29 is 0 Å². The topological polar surface area (TPSA) is 12.9 Å². The summed E-state index contributed by atoms with van der Waals surface area (Å²) in [6.07, 6.45) is 20.4. The zero-order chi connectivity index (χ0) is 16.8. The van der Waals surface area contributed by atoms with E-state index in [-0.39, 0.29) is 0 Å². The average Bonchev–Trinajstić information content (AvgIpc) is 2.56. The van der Waals surface area contributed by atoms with Crippen LogP contribution >= 0.6 is 7.26 Å². The molecule has 1 aromatic rings. The maximum atomic E-state index is 4.68. The summed E-state index contributed by atoms with van der Waals surface area (Å²) in [5.41, 5.74) is 1.35. The Kier molecular flexibility index (Phi) is 11.6. The summed E-state index contributed by atoms with van der Waals surface area (Å²) >= 11 is 0. The second kappa shape index (κ2) is 12.9. The molecule has 0 amide bonds. The molecule has 0 atom stereocenters. The highest BCUT2D eigenvalue weighted by Crippen LogP contribution is 2.63. The van der Waals surface area contributed by atoms with Crippen LogP contribution in [0.3, 0.4) is 0 Å². The second-order valence-corrected chi connectivity index (χ2v) is 11.5. The fourth-order valence-electron chi connectivity index (χ4n) is 3.50. The molecule has 0 aliphatic rings. The van der Waals surface area contributed by atoms with E-state index in [2.05, 4.69) is 44.0 Å². The van der Waals surface area contributed by atoms with Crippen LogP contribution in [0.2, 0.25) is 0 Å². The Labute approximate surface area is 146 Å². The lowest BCUT2D eigenvalue weighted by atomic mass is 10.3. The molecule has 0 N–H and O–H groups in total. The van der Waals surface area contributed by atoms with Crippen LogP contribution < -0.4 is 0 Å². The van der Waals surface area contributed by atoms with E-state index in [1.807, 2.05) is 6.20 Å². The highest BCUT2D eigenvalue weighted by Gasteiger charge is 2.36. The van der Waals surface area contributed by atoms with Gasteiger partial charge in [-0.2, -0.15) is 0 Å². The molecule has 0 radical (unpaired) electrons. The first kappa shape index (κ1) is 20.6. The Morgan fingerprint density at radius 3 is 1.65 bits per heavy atom. The number of unbranched alkanes of at least 4 members (excludes halogenated alkanes) is 6.